The van der Waals surface area contributed by atoms with Crippen LogP contribution in [-0.4, -0.2) is 5.11 Å². The van der Waals surface area contributed by atoms with Crippen molar-refractivity contribution in [1.82, 2.24) is 0 Å². The molecule has 2 aromatic carbocycles. The molecule has 20 heavy (non-hydrogen) atoms. The molecule has 0 spiro atoms. The van der Waals surface area contributed by atoms with Crippen molar-refractivity contribution in [2.24, 2.45) is 5.73 Å². The molecule has 1 aliphatic rings. The first kappa shape index (κ1) is 13.9. The van der Waals surface area contributed by atoms with E-state index in [-0.39, 0.29) is 6.04 Å². The molecule has 0 aliphatic heterocycles. The summed E-state index contributed by atoms with van der Waals surface area (Å²) < 4.78 is 0. The molecule has 0 saturated carbocycles. The van der Waals surface area contributed by atoms with Crippen molar-refractivity contribution in [3.8, 4) is 0 Å². The van der Waals surface area contributed by atoms with Crippen LogP contribution in [0.25, 0.3) is 0 Å². The van der Waals surface area contributed by atoms with Crippen LogP contribution in [0.5, 0.6) is 0 Å². The topological polar surface area (TPSA) is 46.2 Å². The molecule has 2 unspecified atom stereocenters. The first-order valence-corrected chi connectivity index (χ1v) is 7.26. The molecule has 0 bridgehead atoms. The zero-order valence-corrected chi connectivity index (χ0v) is 12.3. The maximum Gasteiger partial charge on any atom is 0.0958 e. The predicted molar refractivity (Wildman–Crippen MR) is 82.1 cm³/mol. The number of halogens is 2. The molecule has 2 atom stereocenters. The van der Waals surface area contributed by atoms with Crippen LogP contribution in [0.1, 0.15) is 29.2 Å². The van der Waals surface area contributed by atoms with Gasteiger partial charge in [-0.25, -0.2) is 0 Å². The molecule has 2 aromatic rings. The molecule has 0 amide bonds. The van der Waals surface area contributed by atoms with Crippen molar-refractivity contribution in [1.29, 1.82) is 0 Å². The molecule has 0 radical (unpaired) electrons. The second-order valence-electron chi connectivity index (χ2n) is 5.35. The fourth-order valence-corrected chi connectivity index (χ4v) is 3.30. The lowest BCUT2D eigenvalue weighted by atomic mass is 9.89. The van der Waals surface area contributed by atoms with E-state index in [0.717, 1.165) is 16.7 Å². The van der Waals surface area contributed by atoms with Gasteiger partial charge in [-0.05, 0) is 35.2 Å². The summed E-state index contributed by atoms with van der Waals surface area (Å²) in [6.07, 6.45) is 1.00. The Labute approximate surface area is 128 Å². The second kappa shape index (κ2) is 5.05. The lowest BCUT2D eigenvalue weighted by Crippen LogP contribution is -2.26. The van der Waals surface area contributed by atoms with Gasteiger partial charge in [-0.2, -0.15) is 0 Å². The average molecular weight is 308 g/mol. The smallest absolute Gasteiger partial charge is 0.0958 e. The Bertz CT molecular complexity index is 659. The molecule has 3 N–H and O–H groups in total. The third kappa shape index (κ3) is 2.33. The molecule has 1 aliphatic carbocycles. The Morgan fingerprint density at radius 3 is 2.65 bits per heavy atom. The minimum absolute atomic E-state index is 0.126. The van der Waals surface area contributed by atoms with Crippen LogP contribution in [0, 0.1) is 0 Å². The molecule has 104 valence electrons. The first-order valence-electron chi connectivity index (χ1n) is 6.51. The largest absolute Gasteiger partial charge is 0.385 e. The third-order valence-corrected chi connectivity index (χ3v) is 4.64. The number of aliphatic hydroxyl groups is 1. The summed E-state index contributed by atoms with van der Waals surface area (Å²) in [7, 11) is 0. The summed E-state index contributed by atoms with van der Waals surface area (Å²) in [5, 5.41) is 12.0. The van der Waals surface area contributed by atoms with Crippen molar-refractivity contribution in [3.05, 3.63) is 69.2 Å². The summed E-state index contributed by atoms with van der Waals surface area (Å²) in [6, 6.07) is 13.1. The van der Waals surface area contributed by atoms with E-state index in [0.29, 0.717) is 22.9 Å². The van der Waals surface area contributed by atoms with Crippen LogP contribution in [-0.2, 0) is 12.0 Å². The Hall–Kier alpha value is -1.06. The highest BCUT2D eigenvalue weighted by molar-refractivity contribution is 6.42. The lowest BCUT2D eigenvalue weighted by Gasteiger charge is -2.24. The number of hydrogen-bond acceptors (Lipinski definition) is 2. The van der Waals surface area contributed by atoms with Gasteiger partial charge in [0.2, 0.25) is 0 Å². The van der Waals surface area contributed by atoms with Crippen LogP contribution in [0.2, 0.25) is 10.0 Å². The van der Waals surface area contributed by atoms with Gasteiger partial charge in [0.05, 0.1) is 15.6 Å². The molecule has 0 fully saturated rings. The summed E-state index contributed by atoms with van der Waals surface area (Å²) >= 11 is 12.0. The molecule has 0 heterocycles. The number of hydrogen-bond donors (Lipinski definition) is 2. The number of rotatable bonds is 2. The van der Waals surface area contributed by atoms with Crippen molar-refractivity contribution in [2.75, 3.05) is 0 Å². The zero-order valence-electron chi connectivity index (χ0n) is 10.8. The number of fused-ring (bicyclic) bond motifs is 1. The van der Waals surface area contributed by atoms with E-state index >= 15 is 0 Å². The fourth-order valence-electron chi connectivity index (χ4n) is 2.98. The van der Waals surface area contributed by atoms with Crippen LogP contribution >= 0.6 is 23.2 Å². The quantitative estimate of drug-likeness (QED) is 0.886. The monoisotopic (exact) mass is 307 g/mol. The van der Waals surface area contributed by atoms with Gasteiger partial charge in [-0.15, -0.1) is 0 Å². The van der Waals surface area contributed by atoms with Crippen LogP contribution < -0.4 is 5.73 Å². The van der Waals surface area contributed by atoms with Gasteiger partial charge in [-0.1, -0.05) is 53.5 Å². The van der Waals surface area contributed by atoms with Crippen molar-refractivity contribution >= 4 is 23.2 Å². The minimum Gasteiger partial charge on any atom is -0.385 e. The molecule has 0 aromatic heterocycles. The van der Waals surface area contributed by atoms with Gasteiger partial charge in [-0.3, -0.25) is 0 Å². The minimum atomic E-state index is -0.937. The summed E-state index contributed by atoms with van der Waals surface area (Å²) in [4.78, 5) is 0. The Morgan fingerprint density at radius 2 is 1.90 bits per heavy atom. The van der Waals surface area contributed by atoms with Crippen LogP contribution in [0.4, 0.5) is 0 Å². The Morgan fingerprint density at radius 1 is 1.15 bits per heavy atom. The lowest BCUT2D eigenvalue weighted by molar-refractivity contribution is 0.0342. The van der Waals surface area contributed by atoms with Gasteiger partial charge in [0.1, 0.15) is 0 Å². The highest BCUT2D eigenvalue weighted by Gasteiger charge is 2.40. The van der Waals surface area contributed by atoms with E-state index in [1.807, 2.05) is 30.3 Å². The maximum atomic E-state index is 11.0. The number of nitrogens with two attached hydrogens (primary N) is 1. The summed E-state index contributed by atoms with van der Waals surface area (Å²) in [5.74, 6) is 0. The van der Waals surface area contributed by atoms with Crippen molar-refractivity contribution in [2.45, 2.75) is 24.5 Å². The summed E-state index contributed by atoms with van der Waals surface area (Å²) in [6.45, 7) is 0. The van der Waals surface area contributed by atoms with Gasteiger partial charge < -0.3 is 10.8 Å². The van der Waals surface area contributed by atoms with Crippen molar-refractivity contribution < 1.29 is 5.11 Å². The van der Waals surface area contributed by atoms with Gasteiger partial charge in [0, 0.05) is 12.5 Å². The van der Waals surface area contributed by atoms with Crippen LogP contribution in [0.3, 0.4) is 0 Å². The first-order chi connectivity index (χ1) is 9.49. The van der Waals surface area contributed by atoms with E-state index in [1.54, 1.807) is 12.1 Å². The molecule has 3 rings (SSSR count). The molecule has 0 saturated heterocycles. The highest BCUT2D eigenvalue weighted by Crippen LogP contribution is 2.44. The van der Waals surface area contributed by atoms with E-state index in [1.165, 1.54) is 0 Å². The second-order valence-corrected chi connectivity index (χ2v) is 6.17. The van der Waals surface area contributed by atoms with E-state index in [9.17, 15) is 5.11 Å². The highest BCUT2D eigenvalue weighted by atomic mass is 35.5. The fraction of sp³-hybridized carbons (Fsp3) is 0.250. The van der Waals surface area contributed by atoms with E-state index < -0.39 is 5.60 Å². The zero-order chi connectivity index (χ0) is 14.3. The molecule has 2 nitrogen and oxygen atoms in total. The van der Waals surface area contributed by atoms with Gasteiger partial charge in [0.25, 0.3) is 0 Å². The molecular weight excluding hydrogens is 293 g/mol. The SMILES string of the molecule is NC1CC(O)(Cc2ccc(Cl)c(Cl)c2)c2ccccc21. The van der Waals surface area contributed by atoms with E-state index in [4.69, 9.17) is 28.9 Å². The average Bonchev–Trinajstić information content (AvgIpc) is 2.67. The number of benzene rings is 2. The third-order valence-electron chi connectivity index (χ3n) is 3.90. The normalized spacial score (nSPS) is 24.7. The van der Waals surface area contributed by atoms with Gasteiger partial charge >= 0.3 is 0 Å². The molecule has 4 heteroatoms. The standard InChI is InChI=1S/C16H15Cl2NO/c17-13-6-5-10(7-14(13)18)8-16(20)9-15(19)11-3-1-2-4-12(11)16/h1-7,15,20H,8-9,19H2. The molecular formula is C16H15Cl2NO. The van der Waals surface area contributed by atoms with E-state index in [2.05, 4.69) is 0 Å². The maximum absolute atomic E-state index is 11.0. The Balaban J connectivity index is 1.96. The summed E-state index contributed by atoms with van der Waals surface area (Å²) in [5.41, 5.74) is 8.07. The Kier molecular flexibility index (Phi) is 3.51. The van der Waals surface area contributed by atoms with Gasteiger partial charge in [0.15, 0.2) is 0 Å². The predicted octanol–water partition coefficient (Wildman–Crippen LogP) is 3.83. The van der Waals surface area contributed by atoms with Crippen LogP contribution in [0.15, 0.2) is 42.5 Å². The van der Waals surface area contributed by atoms with Crippen molar-refractivity contribution in [3.63, 3.8) is 0 Å².